The lowest BCUT2D eigenvalue weighted by Crippen LogP contribution is -2.43. The smallest absolute Gasteiger partial charge is 0.146 e. The minimum Gasteiger partial charge on any atom is -0.492 e. The molecule has 3 aromatic rings. The monoisotopic (exact) mass is 454 g/mol. The van der Waals surface area contributed by atoms with Crippen LogP contribution in [0.5, 0.6) is 5.75 Å². The third kappa shape index (κ3) is 4.37. The van der Waals surface area contributed by atoms with Crippen molar-refractivity contribution in [3.05, 3.63) is 36.8 Å². The molecule has 1 atom stereocenters. The standard InChI is InChI=1S/C23H30N6O2S/c1-32(30)27-6-9-31-19-5-2-4-17(12-19)20-14-29(23-21(20)22(24)25-15-26-23)18-10-16(11-18)13-28-7-3-8-28/h2,4-5,12,14-16,18,27H,3,6-11,13H2,1H3,(H2,24,25,26). The summed E-state index contributed by atoms with van der Waals surface area (Å²) in [4.78, 5) is 11.4. The topological polar surface area (TPSA) is 98.3 Å². The SMILES string of the molecule is CS(=O)NCCOc1cccc(-c2cn(C3CC(CN4CCC4)C3)c3ncnc(N)c23)c1. The maximum Gasteiger partial charge on any atom is 0.146 e. The summed E-state index contributed by atoms with van der Waals surface area (Å²) >= 11 is 0. The van der Waals surface area contributed by atoms with Crippen LogP contribution in [0.1, 0.15) is 25.3 Å². The largest absolute Gasteiger partial charge is 0.492 e. The van der Waals surface area contributed by atoms with E-state index in [0.29, 0.717) is 25.0 Å². The molecule has 3 heterocycles. The van der Waals surface area contributed by atoms with Crippen LogP contribution < -0.4 is 15.2 Å². The molecule has 170 valence electrons. The number of hydrogen-bond donors (Lipinski definition) is 2. The second-order valence-corrected chi connectivity index (χ2v) is 9.97. The van der Waals surface area contributed by atoms with Gasteiger partial charge in [0.05, 0.1) is 16.4 Å². The van der Waals surface area contributed by atoms with Crippen molar-refractivity contribution in [3.63, 3.8) is 0 Å². The van der Waals surface area contributed by atoms with E-state index in [1.54, 1.807) is 12.6 Å². The van der Waals surface area contributed by atoms with Crippen LogP contribution in [0.4, 0.5) is 5.82 Å². The number of nitrogen functional groups attached to an aromatic ring is 1. The number of rotatable bonds is 9. The summed E-state index contributed by atoms with van der Waals surface area (Å²) in [7, 11) is -1.04. The number of likely N-dealkylation sites (tertiary alicyclic amines) is 1. The molecule has 32 heavy (non-hydrogen) atoms. The van der Waals surface area contributed by atoms with Crippen molar-refractivity contribution in [2.45, 2.75) is 25.3 Å². The molecule has 1 aromatic carbocycles. The molecular formula is C23H30N6O2S. The molecule has 0 bridgehead atoms. The molecule has 0 amide bonds. The molecule has 1 unspecified atom stereocenters. The highest BCUT2D eigenvalue weighted by Gasteiger charge is 2.34. The van der Waals surface area contributed by atoms with Crippen LogP contribution in [0, 0.1) is 5.92 Å². The highest BCUT2D eigenvalue weighted by atomic mass is 32.2. The van der Waals surface area contributed by atoms with Gasteiger partial charge in [0.25, 0.3) is 0 Å². The summed E-state index contributed by atoms with van der Waals surface area (Å²) in [6.07, 6.45) is 9.05. The first kappa shape index (κ1) is 21.4. The molecule has 1 saturated heterocycles. The van der Waals surface area contributed by atoms with E-state index < -0.39 is 11.0 Å². The zero-order valence-corrected chi connectivity index (χ0v) is 19.2. The van der Waals surface area contributed by atoms with Gasteiger partial charge in [-0.25, -0.2) is 18.9 Å². The first-order valence-electron chi connectivity index (χ1n) is 11.2. The van der Waals surface area contributed by atoms with Crippen LogP contribution in [0.3, 0.4) is 0 Å². The van der Waals surface area contributed by atoms with Gasteiger partial charge >= 0.3 is 0 Å². The molecular weight excluding hydrogens is 424 g/mol. The average molecular weight is 455 g/mol. The molecule has 3 N–H and O–H groups in total. The van der Waals surface area contributed by atoms with E-state index >= 15 is 0 Å². The number of nitrogens with two attached hydrogens (primary N) is 1. The van der Waals surface area contributed by atoms with E-state index in [0.717, 1.165) is 33.8 Å². The van der Waals surface area contributed by atoms with E-state index in [1.165, 1.54) is 38.9 Å². The normalized spacial score (nSPS) is 21.8. The van der Waals surface area contributed by atoms with Gasteiger partial charge in [0.1, 0.15) is 30.1 Å². The molecule has 5 rings (SSSR count). The molecule has 9 heteroatoms. The molecule has 8 nitrogen and oxygen atoms in total. The second kappa shape index (κ2) is 9.17. The Morgan fingerprint density at radius 2 is 2.12 bits per heavy atom. The Morgan fingerprint density at radius 1 is 1.28 bits per heavy atom. The molecule has 1 aliphatic heterocycles. The van der Waals surface area contributed by atoms with Crippen molar-refractivity contribution in [1.29, 1.82) is 0 Å². The van der Waals surface area contributed by atoms with E-state index in [1.807, 2.05) is 18.2 Å². The first-order valence-corrected chi connectivity index (χ1v) is 12.8. The molecule has 2 fully saturated rings. The number of benzene rings is 1. The zero-order chi connectivity index (χ0) is 22.1. The number of fused-ring (bicyclic) bond motifs is 1. The van der Waals surface area contributed by atoms with Crippen LogP contribution in [-0.2, 0) is 11.0 Å². The number of aromatic nitrogens is 3. The lowest BCUT2D eigenvalue weighted by atomic mass is 9.79. The van der Waals surface area contributed by atoms with Crippen LogP contribution in [0.2, 0.25) is 0 Å². The summed E-state index contributed by atoms with van der Waals surface area (Å²) < 4.78 is 22.1. The van der Waals surface area contributed by atoms with Gasteiger partial charge in [-0.15, -0.1) is 0 Å². The minimum absolute atomic E-state index is 0.441. The predicted octanol–water partition coefficient (Wildman–Crippen LogP) is 2.60. The number of ether oxygens (including phenoxy) is 1. The minimum atomic E-state index is -1.04. The average Bonchev–Trinajstić information content (AvgIpc) is 3.10. The lowest BCUT2D eigenvalue weighted by molar-refractivity contribution is 0.0921. The van der Waals surface area contributed by atoms with Gasteiger partial charge in [-0.2, -0.15) is 0 Å². The molecule has 2 aliphatic rings. The zero-order valence-electron chi connectivity index (χ0n) is 18.4. The fraction of sp³-hybridized carbons (Fsp3) is 0.478. The Morgan fingerprint density at radius 3 is 2.88 bits per heavy atom. The van der Waals surface area contributed by atoms with Gasteiger partial charge in [-0.3, -0.25) is 0 Å². The quantitative estimate of drug-likeness (QED) is 0.482. The fourth-order valence-electron chi connectivity index (χ4n) is 4.72. The second-order valence-electron chi connectivity index (χ2n) is 8.78. The maximum absolute atomic E-state index is 11.1. The summed E-state index contributed by atoms with van der Waals surface area (Å²) in [6, 6.07) is 8.43. The number of anilines is 1. The van der Waals surface area contributed by atoms with E-state index in [-0.39, 0.29) is 0 Å². The van der Waals surface area contributed by atoms with Gasteiger partial charge < -0.3 is 19.9 Å². The van der Waals surface area contributed by atoms with Crippen LogP contribution >= 0.6 is 0 Å². The Kier molecular flexibility index (Phi) is 6.12. The van der Waals surface area contributed by atoms with Crippen molar-refractivity contribution in [3.8, 4) is 16.9 Å². The summed E-state index contributed by atoms with van der Waals surface area (Å²) in [6.45, 7) is 4.70. The van der Waals surface area contributed by atoms with Crippen molar-refractivity contribution >= 4 is 27.8 Å². The summed E-state index contributed by atoms with van der Waals surface area (Å²) in [5.74, 6) is 2.03. The number of nitrogens with one attached hydrogen (secondary N) is 1. The molecule has 0 spiro atoms. The van der Waals surface area contributed by atoms with Crippen molar-refractivity contribution < 1.29 is 8.95 Å². The van der Waals surface area contributed by atoms with Crippen molar-refractivity contribution in [1.82, 2.24) is 24.2 Å². The molecule has 2 aromatic heterocycles. The molecule has 1 aliphatic carbocycles. The first-order chi connectivity index (χ1) is 15.6. The fourth-order valence-corrected chi connectivity index (χ4v) is 5.09. The van der Waals surface area contributed by atoms with Gasteiger partial charge in [0.15, 0.2) is 0 Å². The van der Waals surface area contributed by atoms with Crippen molar-refractivity contribution in [2.24, 2.45) is 5.92 Å². The third-order valence-corrected chi connectivity index (χ3v) is 7.14. The van der Waals surface area contributed by atoms with Gasteiger partial charge in [-0.1, -0.05) is 12.1 Å². The van der Waals surface area contributed by atoms with Gasteiger partial charge in [-0.05, 0) is 56.0 Å². The molecule has 1 saturated carbocycles. The lowest BCUT2D eigenvalue weighted by Gasteiger charge is -2.42. The van der Waals surface area contributed by atoms with Gasteiger partial charge in [0.2, 0.25) is 0 Å². The van der Waals surface area contributed by atoms with Crippen LogP contribution in [-0.4, -0.2) is 62.7 Å². The molecule has 0 radical (unpaired) electrons. The summed E-state index contributed by atoms with van der Waals surface area (Å²) in [5, 5.41) is 0.902. The maximum atomic E-state index is 11.1. The van der Waals surface area contributed by atoms with E-state index in [2.05, 4.69) is 36.4 Å². The van der Waals surface area contributed by atoms with Crippen molar-refractivity contribution in [2.75, 3.05) is 44.8 Å². The highest BCUT2D eigenvalue weighted by Crippen LogP contribution is 2.43. The van der Waals surface area contributed by atoms with E-state index in [4.69, 9.17) is 10.5 Å². The Labute approximate surface area is 190 Å². The number of nitrogens with zero attached hydrogens (tertiary/aromatic N) is 4. The number of hydrogen-bond acceptors (Lipinski definition) is 6. The van der Waals surface area contributed by atoms with E-state index in [9.17, 15) is 4.21 Å². The Balaban J connectivity index is 1.37. The van der Waals surface area contributed by atoms with Crippen LogP contribution in [0.25, 0.3) is 22.2 Å². The highest BCUT2D eigenvalue weighted by molar-refractivity contribution is 7.82. The summed E-state index contributed by atoms with van der Waals surface area (Å²) in [5.41, 5.74) is 9.27. The van der Waals surface area contributed by atoms with Gasteiger partial charge in [0, 0.05) is 37.1 Å². The Hall–Kier alpha value is -2.49. The van der Waals surface area contributed by atoms with Crippen LogP contribution in [0.15, 0.2) is 36.8 Å². The third-order valence-electron chi connectivity index (χ3n) is 6.53. The Bertz CT molecular complexity index is 1120. The predicted molar refractivity (Wildman–Crippen MR) is 128 cm³/mol.